The molecule has 7 nitrogen and oxygen atoms in total. The minimum atomic E-state index is -3.62. The molecule has 0 unspecified atom stereocenters. The fourth-order valence-corrected chi connectivity index (χ4v) is 6.05. The van der Waals surface area contributed by atoms with Crippen LogP contribution < -0.4 is 4.72 Å². The number of rotatable bonds is 5. The molecule has 2 aromatic rings. The third kappa shape index (κ3) is 3.88. The van der Waals surface area contributed by atoms with Crippen LogP contribution >= 0.6 is 0 Å². The lowest BCUT2D eigenvalue weighted by Crippen LogP contribution is -2.38. The summed E-state index contributed by atoms with van der Waals surface area (Å²) in [4.78, 5) is 4.80. The number of benzene rings is 1. The summed E-state index contributed by atoms with van der Waals surface area (Å²) in [6.45, 7) is 1.82. The van der Waals surface area contributed by atoms with E-state index in [1.165, 1.54) is 0 Å². The molecular weight excluding hydrogens is 410 g/mol. The SMILES string of the molecule is Cc1ccc(-n2cccn2)cc1S(=O)(=O)NC1CCC(n2cccc3ccnc2-3)CC1. The van der Waals surface area contributed by atoms with E-state index in [-0.39, 0.29) is 6.04 Å². The van der Waals surface area contributed by atoms with Gasteiger partial charge in [-0.25, -0.2) is 22.8 Å². The normalized spacial score (nSPS) is 19.6. The Balaban J connectivity index is 1.30. The van der Waals surface area contributed by atoms with Crippen molar-refractivity contribution in [3.63, 3.8) is 0 Å². The molecule has 0 spiro atoms. The van der Waals surface area contributed by atoms with E-state index in [1.54, 1.807) is 23.1 Å². The Hall–Kier alpha value is -2.97. The first-order valence-corrected chi connectivity index (χ1v) is 12.0. The second-order valence-electron chi connectivity index (χ2n) is 8.17. The highest BCUT2D eigenvalue weighted by Crippen LogP contribution is 2.33. The first kappa shape index (κ1) is 20.0. The lowest BCUT2D eigenvalue weighted by atomic mass is 9.91. The molecule has 2 aliphatic heterocycles. The highest BCUT2D eigenvalue weighted by Gasteiger charge is 2.28. The van der Waals surface area contributed by atoms with Gasteiger partial charge in [0.25, 0.3) is 0 Å². The molecule has 1 saturated carbocycles. The quantitative estimate of drug-likeness (QED) is 0.515. The van der Waals surface area contributed by atoms with E-state index < -0.39 is 10.0 Å². The zero-order valence-corrected chi connectivity index (χ0v) is 18.2. The zero-order valence-electron chi connectivity index (χ0n) is 17.3. The van der Waals surface area contributed by atoms with Crippen molar-refractivity contribution < 1.29 is 8.42 Å². The molecular formula is C23H25N5O2S. The summed E-state index contributed by atoms with van der Waals surface area (Å²) < 4.78 is 33.2. The van der Waals surface area contributed by atoms with Gasteiger partial charge in [-0.15, -0.1) is 0 Å². The van der Waals surface area contributed by atoms with Gasteiger partial charge in [-0.05, 0) is 74.6 Å². The van der Waals surface area contributed by atoms with Gasteiger partial charge in [-0.3, -0.25) is 0 Å². The number of sulfonamides is 1. The van der Waals surface area contributed by atoms with Crippen LogP contribution in [0, 0.1) is 6.92 Å². The van der Waals surface area contributed by atoms with Crippen molar-refractivity contribution in [2.45, 2.75) is 49.6 Å². The molecule has 3 heterocycles. The van der Waals surface area contributed by atoms with Crippen LogP contribution in [0.3, 0.4) is 0 Å². The Morgan fingerprint density at radius 2 is 1.84 bits per heavy atom. The molecule has 1 N–H and O–H groups in total. The van der Waals surface area contributed by atoms with Crippen molar-refractivity contribution in [3.05, 3.63) is 72.8 Å². The molecule has 5 rings (SSSR count). The first-order valence-electron chi connectivity index (χ1n) is 10.6. The van der Waals surface area contributed by atoms with E-state index in [0.717, 1.165) is 48.3 Å². The van der Waals surface area contributed by atoms with Crippen LogP contribution in [0.4, 0.5) is 0 Å². The van der Waals surface area contributed by atoms with Gasteiger partial charge in [0.2, 0.25) is 10.0 Å². The molecule has 1 aliphatic carbocycles. The predicted molar refractivity (Wildman–Crippen MR) is 119 cm³/mol. The standard InChI is InChI=1S/C23H25N5O2S/c1-17-5-8-21(28-15-3-12-25-28)16-22(17)31(29,30)26-19-6-9-20(10-7-19)27-14-2-4-18-11-13-24-23(18)27/h2-5,8,11-16,19-20,26H,6-7,9-10H2,1H3. The molecule has 8 heteroatoms. The van der Waals surface area contributed by atoms with Gasteiger partial charge in [0, 0.05) is 42.4 Å². The number of nitrogens with one attached hydrogen (secondary N) is 1. The second kappa shape index (κ2) is 7.94. The number of hydrogen-bond donors (Lipinski definition) is 1. The Morgan fingerprint density at radius 3 is 2.61 bits per heavy atom. The number of aryl methyl sites for hydroxylation is 1. The molecule has 3 aliphatic rings. The molecule has 31 heavy (non-hydrogen) atoms. The molecule has 1 fully saturated rings. The van der Waals surface area contributed by atoms with Crippen molar-refractivity contribution in [2.75, 3.05) is 0 Å². The first-order chi connectivity index (χ1) is 15.0. The van der Waals surface area contributed by atoms with Gasteiger partial charge in [-0.2, -0.15) is 5.10 Å². The van der Waals surface area contributed by atoms with Crippen LogP contribution in [0.25, 0.3) is 17.1 Å². The van der Waals surface area contributed by atoms with Crippen molar-refractivity contribution in [1.82, 2.24) is 24.1 Å². The molecule has 0 amide bonds. The van der Waals surface area contributed by atoms with Crippen LogP contribution in [0.15, 0.2) is 72.1 Å². The Kier molecular flexibility index (Phi) is 5.11. The van der Waals surface area contributed by atoms with Gasteiger partial charge in [0.05, 0.1) is 10.6 Å². The molecule has 0 bridgehead atoms. The lowest BCUT2D eigenvalue weighted by Gasteiger charge is -2.31. The fraction of sp³-hybridized carbons (Fsp3) is 0.304. The summed E-state index contributed by atoms with van der Waals surface area (Å²) in [5, 5.41) is 4.20. The smallest absolute Gasteiger partial charge is 0.241 e. The average molecular weight is 436 g/mol. The van der Waals surface area contributed by atoms with Gasteiger partial charge in [0.1, 0.15) is 5.82 Å². The maximum absolute atomic E-state index is 13.2. The number of nitrogens with zero attached hydrogens (tertiary/aromatic N) is 4. The molecule has 1 aromatic carbocycles. The Morgan fingerprint density at radius 1 is 1.00 bits per heavy atom. The second-order valence-corrected chi connectivity index (χ2v) is 9.85. The van der Waals surface area contributed by atoms with Gasteiger partial charge >= 0.3 is 0 Å². The largest absolute Gasteiger partial charge is 0.329 e. The third-order valence-corrected chi connectivity index (χ3v) is 7.78. The summed E-state index contributed by atoms with van der Waals surface area (Å²) >= 11 is 0. The van der Waals surface area contributed by atoms with Crippen molar-refractivity contribution in [3.8, 4) is 17.1 Å². The van der Waals surface area contributed by atoms with E-state index in [4.69, 9.17) is 0 Å². The highest BCUT2D eigenvalue weighted by atomic mass is 32.2. The maximum atomic E-state index is 13.2. The molecule has 1 aromatic heterocycles. The molecule has 160 valence electrons. The van der Waals surface area contributed by atoms with Gasteiger partial charge < -0.3 is 4.57 Å². The maximum Gasteiger partial charge on any atom is 0.241 e. The van der Waals surface area contributed by atoms with E-state index in [0.29, 0.717) is 10.9 Å². The van der Waals surface area contributed by atoms with Crippen LogP contribution in [-0.4, -0.2) is 33.8 Å². The molecule has 0 radical (unpaired) electrons. The minimum absolute atomic E-state index is 0.0681. The minimum Gasteiger partial charge on any atom is -0.329 e. The van der Waals surface area contributed by atoms with E-state index in [2.05, 4.69) is 31.6 Å². The van der Waals surface area contributed by atoms with Gasteiger partial charge in [-0.1, -0.05) is 6.07 Å². The van der Waals surface area contributed by atoms with Crippen molar-refractivity contribution in [1.29, 1.82) is 0 Å². The summed E-state index contributed by atoms with van der Waals surface area (Å²) in [5.41, 5.74) is 2.59. The highest BCUT2D eigenvalue weighted by molar-refractivity contribution is 7.89. The lowest BCUT2D eigenvalue weighted by molar-refractivity contribution is 0.311. The topological polar surface area (TPSA) is 81.8 Å². The summed E-state index contributed by atoms with van der Waals surface area (Å²) in [5.74, 6) is 0.998. The monoisotopic (exact) mass is 435 g/mol. The number of hydrogen-bond acceptors (Lipinski definition) is 4. The van der Waals surface area contributed by atoms with Gasteiger partial charge in [0.15, 0.2) is 0 Å². The Labute approximate surface area is 182 Å². The van der Waals surface area contributed by atoms with Crippen molar-refractivity contribution in [2.24, 2.45) is 0 Å². The zero-order chi connectivity index (χ0) is 21.4. The Bertz CT molecular complexity index is 1250. The number of aromatic nitrogens is 4. The van der Waals surface area contributed by atoms with Crippen LogP contribution in [-0.2, 0) is 10.0 Å². The molecule has 0 atom stereocenters. The van der Waals surface area contributed by atoms with E-state index >= 15 is 0 Å². The third-order valence-electron chi connectivity index (χ3n) is 6.12. The van der Waals surface area contributed by atoms with Crippen LogP contribution in [0.1, 0.15) is 37.3 Å². The average Bonchev–Trinajstić information content (AvgIpc) is 3.46. The van der Waals surface area contributed by atoms with E-state index in [9.17, 15) is 8.42 Å². The predicted octanol–water partition coefficient (Wildman–Crippen LogP) is 3.94. The number of fused-ring (bicyclic) bond motifs is 1. The molecule has 0 saturated heterocycles. The van der Waals surface area contributed by atoms with E-state index in [1.807, 2.05) is 43.5 Å². The summed E-state index contributed by atoms with van der Waals surface area (Å²) in [6, 6.07) is 13.6. The fourth-order valence-electron chi connectivity index (χ4n) is 4.48. The number of pyridine rings is 1. The van der Waals surface area contributed by atoms with Crippen LogP contribution in [0.5, 0.6) is 0 Å². The van der Waals surface area contributed by atoms with Crippen molar-refractivity contribution >= 4 is 10.0 Å². The summed E-state index contributed by atoms with van der Waals surface area (Å²) in [6.07, 6.45) is 10.8. The summed E-state index contributed by atoms with van der Waals surface area (Å²) in [7, 11) is -3.62. The van der Waals surface area contributed by atoms with Crippen LogP contribution in [0.2, 0.25) is 0 Å².